The molecule has 1 atom stereocenters. The zero-order chi connectivity index (χ0) is 17.9. The number of anilines is 1. The van der Waals surface area contributed by atoms with E-state index in [1.54, 1.807) is 16.0 Å². The van der Waals surface area contributed by atoms with Crippen molar-refractivity contribution in [2.24, 2.45) is 5.92 Å². The van der Waals surface area contributed by atoms with Crippen LogP contribution in [-0.2, 0) is 17.6 Å². The van der Waals surface area contributed by atoms with Gasteiger partial charge < -0.3 is 5.32 Å². The molecule has 3 aromatic rings. The number of carbonyl (C=O) groups is 1. The van der Waals surface area contributed by atoms with Gasteiger partial charge in [-0.2, -0.15) is 4.68 Å². The van der Waals surface area contributed by atoms with Gasteiger partial charge in [0.1, 0.15) is 0 Å². The number of rotatable bonds is 5. The molecule has 1 aromatic carbocycles. The Bertz CT molecular complexity index is 907. The Morgan fingerprint density at radius 1 is 1.38 bits per heavy atom. The number of tetrazole rings is 1. The summed E-state index contributed by atoms with van der Waals surface area (Å²) in [4.78, 5) is 18.2. The summed E-state index contributed by atoms with van der Waals surface area (Å²) in [5.41, 5.74) is 2.01. The smallest absolute Gasteiger partial charge is 0.236 e. The average molecular weight is 387 g/mol. The third-order valence-corrected chi connectivity index (χ3v) is 6.16. The number of thiazole rings is 1. The van der Waals surface area contributed by atoms with Crippen LogP contribution in [0, 0.1) is 5.92 Å². The second-order valence-corrected chi connectivity index (χ2v) is 8.31. The number of para-hydroxylation sites is 1. The molecule has 1 unspecified atom stereocenters. The fraction of sp³-hybridized carbons (Fsp3) is 0.353. The number of nitrogens with zero attached hydrogens (tertiary/aromatic N) is 5. The van der Waals surface area contributed by atoms with Crippen LogP contribution in [0.5, 0.6) is 0 Å². The van der Waals surface area contributed by atoms with Crippen LogP contribution in [0.1, 0.15) is 23.9 Å². The van der Waals surface area contributed by atoms with Crippen LogP contribution in [0.25, 0.3) is 5.69 Å². The van der Waals surface area contributed by atoms with E-state index in [0.717, 1.165) is 24.2 Å². The minimum Gasteiger partial charge on any atom is -0.301 e. The van der Waals surface area contributed by atoms with Crippen molar-refractivity contribution in [3.05, 3.63) is 40.9 Å². The topological polar surface area (TPSA) is 85.6 Å². The molecule has 1 amide bonds. The van der Waals surface area contributed by atoms with Crippen LogP contribution in [0.2, 0.25) is 0 Å². The fourth-order valence-electron chi connectivity index (χ4n) is 2.88. The molecule has 1 aliphatic rings. The van der Waals surface area contributed by atoms with Gasteiger partial charge in [-0.25, -0.2) is 4.98 Å². The van der Waals surface area contributed by atoms with Crippen molar-refractivity contribution in [2.75, 3.05) is 11.1 Å². The number of amides is 1. The maximum atomic E-state index is 12.3. The summed E-state index contributed by atoms with van der Waals surface area (Å²) in [5.74, 6) is 0.823. The van der Waals surface area contributed by atoms with E-state index in [1.807, 2.05) is 30.3 Å². The van der Waals surface area contributed by atoms with Crippen LogP contribution >= 0.6 is 23.1 Å². The normalized spacial score (nSPS) is 16.3. The number of carbonyl (C=O) groups excluding carboxylic acids is 1. The molecule has 4 rings (SSSR count). The Kier molecular flexibility index (Phi) is 4.98. The molecule has 0 fully saturated rings. The maximum Gasteiger partial charge on any atom is 0.236 e. The molecule has 0 saturated carbocycles. The van der Waals surface area contributed by atoms with Gasteiger partial charge in [-0.15, -0.1) is 16.4 Å². The number of thioether (sulfide) groups is 1. The molecular weight excluding hydrogens is 368 g/mol. The predicted octanol–water partition coefficient (Wildman–Crippen LogP) is 2.97. The average Bonchev–Trinajstić information content (AvgIpc) is 3.26. The number of benzene rings is 1. The quantitative estimate of drug-likeness (QED) is 0.679. The van der Waals surface area contributed by atoms with Crippen LogP contribution < -0.4 is 5.32 Å². The second-order valence-electron chi connectivity index (χ2n) is 6.28. The van der Waals surface area contributed by atoms with E-state index in [0.29, 0.717) is 16.2 Å². The Morgan fingerprint density at radius 3 is 3.08 bits per heavy atom. The first-order valence-corrected chi connectivity index (χ1v) is 10.2. The maximum absolute atomic E-state index is 12.3. The zero-order valence-corrected chi connectivity index (χ0v) is 15.9. The molecule has 0 radical (unpaired) electrons. The molecule has 26 heavy (non-hydrogen) atoms. The van der Waals surface area contributed by atoms with Gasteiger partial charge in [0.25, 0.3) is 0 Å². The summed E-state index contributed by atoms with van der Waals surface area (Å²) in [5, 5.41) is 15.9. The molecule has 0 aliphatic heterocycles. The van der Waals surface area contributed by atoms with Crippen LogP contribution in [0.3, 0.4) is 0 Å². The molecule has 2 aromatic heterocycles. The van der Waals surface area contributed by atoms with Crippen molar-refractivity contribution in [1.29, 1.82) is 0 Å². The lowest BCUT2D eigenvalue weighted by Gasteiger charge is -2.15. The van der Waals surface area contributed by atoms with Crippen molar-refractivity contribution in [1.82, 2.24) is 25.2 Å². The van der Waals surface area contributed by atoms with E-state index >= 15 is 0 Å². The summed E-state index contributed by atoms with van der Waals surface area (Å²) >= 11 is 2.90. The van der Waals surface area contributed by atoms with Crippen LogP contribution in [-0.4, -0.2) is 36.9 Å². The number of aryl methyl sites for hydroxylation is 1. The Morgan fingerprint density at radius 2 is 2.23 bits per heavy atom. The molecule has 1 aliphatic carbocycles. The molecule has 0 saturated heterocycles. The molecule has 0 bridgehead atoms. The number of hydrogen-bond acceptors (Lipinski definition) is 7. The fourth-order valence-corrected chi connectivity index (χ4v) is 4.76. The summed E-state index contributed by atoms with van der Waals surface area (Å²) in [6.07, 6.45) is 3.23. The van der Waals surface area contributed by atoms with Gasteiger partial charge >= 0.3 is 0 Å². The highest BCUT2D eigenvalue weighted by molar-refractivity contribution is 7.99. The standard InChI is InChI=1S/C17H18N6OS2/c1-11-7-8-13-14(9-11)26-16(18-13)19-15(24)10-25-17-20-21-22-23(17)12-5-3-2-4-6-12/h2-6,11H,7-10H2,1H3,(H,18,19,24). The van der Waals surface area contributed by atoms with Crippen molar-refractivity contribution < 1.29 is 4.79 Å². The van der Waals surface area contributed by atoms with Gasteiger partial charge in [0.2, 0.25) is 11.1 Å². The molecule has 2 heterocycles. The molecular formula is C17H18N6OS2. The molecule has 134 valence electrons. The Hall–Kier alpha value is -2.26. The first-order valence-electron chi connectivity index (χ1n) is 8.44. The first-order chi connectivity index (χ1) is 12.7. The highest BCUT2D eigenvalue weighted by Crippen LogP contribution is 2.32. The number of aromatic nitrogens is 5. The minimum absolute atomic E-state index is 0.100. The summed E-state index contributed by atoms with van der Waals surface area (Å²) < 4.78 is 1.63. The van der Waals surface area contributed by atoms with E-state index in [9.17, 15) is 4.79 Å². The molecule has 1 N–H and O–H groups in total. The Balaban J connectivity index is 1.37. The third-order valence-electron chi connectivity index (χ3n) is 4.21. The third kappa shape index (κ3) is 3.78. The SMILES string of the molecule is CC1CCc2nc(NC(=O)CSc3nnnn3-c3ccccc3)sc2C1. The van der Waals surface area contributed by atoms with E-state index in [1.165, 1.54) is 23.1 Å². The number of hydrogen-bond donors (Lipinski definition) is 1. The van der Waals surface area contributed by atoms with Gasteiger partial charge in [-0.1, -0.05) is 36.9 Å². The largest absolute Gasteiger partial charge is 0.301 e. The molecule has 7 nitrogen and oxygen atoms in total. The van der Waals surface area contributed by atoms with E-state index in [2.05, 4.69) is 32.7 Å². The van der Waals surface area contributed by atoms with Gasteiger partial charge in [-0.3, -0.25) is 4.79 Å². The molecule has 9 heteroatoms. The second kappa shape index (κ2) is 7.55. The van der Waals surface area contributed by atoms with Crippen molar-refractivity contribution in [2.45, 2.75) is 31.3 Å². The van der Waals surface area contributed by atoms with E-state index in [4.69, 9.17) is 0 Å². The lowest BCUT2D eigenvalue weighted by molar-refractivity contribution is -0.113. The van der Waals surface area contributed by atoms with Crippen molar-refractivity contribution in [3.63, 3.8) is 0 Å². The number of fused-ring (bicyclic) bond motifs is 1. The van der Waals surface area contributed by atoms with Crippen molar-refractivity contribution in [3.8, 4) is 5.69 Å². The van der Waals surface area contributed by atoms with Crippen LogP contribution in [0.15, 0.2) is 35.5 Å². The Labute approximate surface area is 159 Å². The monoisotopic (exact) mass is 386 g/mol. The summed E-state index contributed by atoms with van der Waals surface area (Å²) in [6.45, 7) is 2.26. The van der Waals surface area contributed by atoms with Gasteiger partial charge in [0, 0.05) is 4.88 Å². The van der Waals surface area contributed by atoms with Gasteiger partial charge in [0.05, 0.1) is 17.1 Å². The predicted molar refractivity (Wildman–Crippen MR) is 102 cm³/mol. The summed E-state index contributed by atoms with van der Waals surface area (Å²) in [6, 6.07) is 9.61. The van der Waals surface area contributed by atoms with Gasteiger partial charge in [0.15, 0.2) is 5.13 Å². The lowest BCUT2D eigenvalue weighted by Crippen LogP contribution is -2.14. The van der Waals surface area contributed by atoms with Crippen LogP contribution in [0.4, 0.5) is 5.13 Å². The highest BCUT2D eigenvalue weighted by Gasteiger charge is 2.20. The van der Waals surface area contributed by atoms with Crippen molar-refractivity contribution >= 4 is 34.1 Å². The van der Waals surface area contributed by atoms with E-state index in [-0.39, 0.29) is 11.7 Å². The van der Waals surface area contributed by atoms with Gasteiger partial charge in [-0.05, 0) is 47.7 Å². The number of nitrogens with one attached hydrogen (secondary N) is 1. The van der Waals surface area contributed by atoms with E-state index < -0.39 is 0 Å². The minimum atomic E-state index is -0.100. The zero-order valence-electron chi connectivity index (χ0n) is 14.3. The highest BCUT2D eigenvalue weighted by atomic mass is 32.2. The lowest BCUT2D eigenvalue weighted by atomic mass is 9.93. The summed E-state index contributed by atoms with van der Waals surface area (Å²) in [7, 11) is 0. The first kappa shape index (κ1) is 17.2. The molecule has 0 spiro atoms.